The predicted molar refractivity (Wildman–Crippen MR) is 209 cm³/mol. The highest BCUT2D eigenvalue weighted by molar-refractivity contribution is 5.97. The molecule has 14 nitrogen and oxygen atoms in total. The topological polar surface area (TPSA) is 168 Å². The number of hydrogen-bond donors (Lipinski definition) is 1. The van der Waals surface area contributed by atoms with Gasteiger partial charge in [-0.25, -0.2) is 24.4 Å². The summed E-state index contributed by atoms with van der Waals surface area (Å²) in [6.45, 7) is 6.34. The molecule has 0 aliphatic carbocycles. The molecule has 0 bridgehead atoms. The third kappa shape index (κ3) is 7.53. The number of aromatic nitrogens is 4. The molecule has 4 aromatic carbocycles. The number of imidazole rings is 2. The molecule has 4 heterocycles. The van der Waals surface area contributed by atoms with Gasteiger partial charge >= 0.3 is 18.2 Å². The number of carbonyl (C=O) groups excluding carboxylic acids is 3. The van der Waals surface area contributed by atoms with Crippen molar-refractivity contribution in [1.29, 1.82) is 0 Å². The highest BCUT2D eigenvalue weighted by Crippen LogP contribution is 2.33. The number of nitrogens with two attached hydrogens (primary N) is 1. The van der Waals surface area contributed by atoms with Crippen LogP contribution in [0.25, 0.3) is 44.6 Å². The predicted octanol–water partition coefficient (Wildman–Crippen LogP) is 6.85. The molecule has 2 aliphatic heterocycles. The highest BCUT2D eigenvalue weighted by atomic mass is 16.8. The summed E-state index contributed by atoms with van der Waals surface area (Å²) < 4.78 is 36.8. The van der Waals surface area contributed by atoms with E-state index in [4.69, 9.17) is 44.1 Å². The number of primary amides is 1. The molecule has 0 spiro atoms. The monoisotopic (exact) mass is 773 g/mol. The van der Waals surface area contributed by atoms with E-state index in [9.17, 15) is 14.4 Å². The van der Waals surface area contributed by atoms with Gasteiger partial charge in [-0.15, -0.1) is 0 Å². The Morgan fingerprint density at radius 1 is 0.860 bits per heavy atom. The SMILES string of the molecule is CCCc1nc2c(C)cc(-c3nc4ccccc4n3C)cc2n1Cc1ccc(-c2ccccc2C(=O)OC(C)OC(=O)O[C@@H]2CO[C@@H]3[C@H]2OC[C@H]3OC(N)=O)cc1. The Balaban J connectivity index is 0.959. The fourth-order valence-electron chi connectivity index (χ4n) is 7.75. The average molecular weight is 774 g/mol. The lowest BCUT2D eigenvalue weighted by Crippen LogP contribution is -2.37. The van der Waals surface area contributed by atoms with Crippen LogP contribution in [0.4, 0.5) is 9.59 Å². The molecule has 1 amide bonds. The Kier molecular flexibility index (Phi) is 10.4. The normalized spacial score (nSPS) is 19.4. The maximum absolute atomic E-state index is 13.4. The van der Waals surface area contributed by atoms with Crippen LogP contribution < -0.4 is 5.73 Å². The number of para-hydroxylation sites is 2. The van der Waals surface area contributed by atoms with Crippen molar-refractivity contribution in [1.82, 2.24) is 19.1 Å². The molecule has 2 fully saturated rings. The Bertz CT molecular complexity index is 2470. The molecule has 57 heavy (non-hydrogen) atoms. The summed E-state index contributed by atoms with van der Waals surface area (Å²) in [5, 5.41) is 0. The molecule has 2 N–H and O–H groups in total. The minimum atomic E-state index is -1.27. The maximum atomic E-state index is 13.4. The molecule has 0 radical (unpaired) electrons. The summed E-state index contributed by atoms with van der Waals surface area (Å²) in [6.07, 6.45) is -4.30. The average Bonchev–Trinajstić information content (AvgIpc) is 3.96. The first-order chi connectivity index (χ1) is 27.6. The fourth-order valence-corrected chi connectivity index (χ4v) is 7.75. The molecule has 294 valence electrons. The van der Waals surface area contributed by atoms with Gasteiger partial charge in [-0.05, 0) is 65.9 Å². The van der Waals surface area contributed by atoms with Crippen molar-refractivity contribution in [2.45, 2.75) is 70.9 Å². The van der Waals surface area contributed by atoms with Gasteiger partial charge in [0.2, 0.25) is 6.29 Å². The highest BCUT2D eigenvalue weighted by Gasteiger charge is 2.51. The lowest BCUT2D eigenvalue weighted by atomic mass is 9.98. The van der Waals surface area contributed by atoms with Crippen LogP contribution >= 0.6 is 0 Å². The van der Waals surface area contributed by atoms with Crippen molar-refractivity contribution >= 4 is 40.3 Å². The third-order valence-corrected chi connectivity index (χ3v) is 10.4. The Morgan fingerprint density at radius 2 is 1.56 bits per heavy atom. The zero-order valence-corrected chi connectivity index (χ0v) is 32.0. The zero-order valence-electron chi connectivity index (χ0n) is 32.0. The number of hydrogen-bond acceptors (Lipinski definition) is 11. The number of nitrogens with zero attached hydrogens (tertiary/aromatic N) is 4. The van der Waals surface area contributed by atoms with E-state index in [1.54, 1.807) is 12.1 Å². The molecule has 2 aliphatic rings. The van der Waals surface area contributed by atoms with Crippen LogP contribution in [0, 0.1) is 6.92 Å². The number of fused-ring (bicyclic) bond motifs is 3. The number of carbonyl (C=O) groups is 3. The first-order valence-corrected chi connectivity index (χ1v) is 19.0. The minimum Gasteiger partial charge on any atom is -0.441 e. The molecule has 14 heteroatoms. The van der Waals surface area contributed by atoms with Gasteiger partial charge in [-0.3, -0.25) is 0 Å². The summed E-state index contributed by atoms with van der Waals surface area (Å²) in [5.74, 6) is 1.25. The molecule has 8 rings (SSSR count). The lowest BCUT2D eigenvalue weighted by molar-refractivity contribution is -0.0987. The van der Waals surface area contributed by atoms with Gasteiger partial charge in [-0.2, -0.15) is 0 Å². The lowest BCUT2D eigenvalue weighted by Gasteiger charge is -2.19. The van der Waals surface area contributed by atoms with Gasteiger partial charge in [0.15, 0.2) is 12.2 Å². The van der Waals surface area contributed by atoms with Crippen LogP contribution in [0.5, 0.6) is 0 Å². The Labute approximate surface area is 328 Å². The molecular weight excluding hydrogens is 730 g/mol. The van der Waals surface area contributed by atoms with Crippen LogP contribution in [-0.2, 0) is 48.4 Å². The van der Waals surface area contributed by atoms with E-state index in [0.717, 1.165) is 68.8 Å². The van der Waals surface area contributed by atoms with E-state index in [2.05, 4.69) is 53.3 Å². The van der Waals surface area contributed by atoms with Gasteiger partial charge in [0.05, 0.1) is 40.8 Å². The third-order valence-electron chi connectivity index (χ3n) is 10.4. The van der Waals surface area contributed by atoms with Crippen LogP contribution in [0.1, 0.15) is 47.6 Å². The van der Waals surface area contributed by atoms with Crippen LogP contribution in [0.2, 0.25) is 0 Å². The quantitative estimate of drug-likeness (QED) is 0.0830. The van der Waals surface area contributed by atoms with Crippen molar-refractivity contribution in [3.8, 4) is 22.5 Å². The number of aryl methyl sites for hydroxylation is 3. The van der Waals surface area contributed by atoms with E-state index in [1.807, 2.05) is 49.5 Å². The van der Waals surface area contributed by atoms with Crippen molar-refractivity contribution in [2.24, 2.45) is 12.8 Å². The van der Waals surface area contributed by atoms with E-state index in [-0.39, 0.29) is 13.2 Å². The van der Waals surface area contributed by atoms with Gasteiger partial charge in [0.25, 0.3) is 0 Å². The summed E-state index contributed by atoms with van der Waals surface area (Å²) >= 11 is 0. The van der Waals surface area contributed by atoms with E-state index >= 15 is 0 Å². The second-order valence-corrected chi connectivity index (χ2v) is 14.3. The van der Waals surface area contributed by atoms with Crippen molar-refractivity contribution in [3.63, 3.8) is 0 Å². The number of ether oxygens (including phenoxy) is 6. The molecule has 6 aromatic rings. The van der Waals surface area contributed by atoms with Crippen LogP contribution in [0.15, 0.2) is 84.9 Å². The summed E-state index contributed by atoms with van der Waals surface area (Å²) in [6, 6.07) is 27.6. The van der Waals surface area contributed by atoms with Crippen LogP contribution in [-0.4, -0.2) is 81.2 Å². The van der Waals surface area contributed by atoms with E-state index in [1.165, 1.54) is 6.92 Å². The fraction of sp³-hybridized carbons (Fsp3) is 0.326. The first kappa shape index (κ1) is 37.7. The number of amides is 1. The van der Waals surface area contributed by atoms with Gasteiger partial charge < -0.3 is 43.3 Å². The number of benzene rings is 4. The molecule has 5 atom stereocenters. The van der Waals surface area contributed by atoms with Gasteiger partial charge in [0, 0.05) is 32.5 Å². The maximum Gasteiger partial charge on any atom is 0.511 e. The second-order valence-electron chi connectivity index (χ2n) is 14.3. The van der Waals surface area contributed by atoms with Crippen molar-refractivity contribution in [3.05, 3.63) is 107 Å². The van der Waals surface area contributed by atoms with Crippen molar-refractivity contribution < 1.29 is 42.8 Å². The Hall–Kier alpha value is -6.25. The van der Waals surface area contributed by atoms with E-state index < -0.39 is 48.9 Å². The largest absolute Gasteiger partial charge is 0.511 e. The number of rotatable bonds is 11. The van der Waals surface area contributed by atoms with Gasteiger partial charge in [0.1, 0.15) is 23.9 Å². The minimum absolute atomic E-state index is 0.00637. The second kappa shape index (κ2) is 15.7. The molecule has 0 saturated carbocycles. The van der Waals surface area contributed by atoms with Gasteiger partial charge in [-0.1, -0.05) is 61.5 Å². The summed E-state index contributed by atoms with van der Waals surface area (Å²) in [5.41, 5.74) is 14.1. The summed E-state index contributed by atoms with van der Waals surface area (Å²) in [4.78, 5) is 47.3. The first-order valence-electron chi connectivity index (χ1n) is 19.0. The smallest absolute Gasteiger partial charge is 0.441 e. The van der Waals surface area contributed by atoms with Crippen LogP contribution in [0.3, 0.4) is 0 Å². The zero-order chi connectivity index (χ0) is 39.8. The van der Waals surface area contributed by atoms with E-state index in [0.29, 0.717) is 17.7 Å². The number of esters is 1. The molecule has 2 saturated heterocycles. The molecule has 2 aromatic heterocycles. The Morgan fingerprint density at radius 3 is 2.28 bits per heavy atom. The van der Waals surface area contributed by atoms with Crippen molar-refractivity contribution in [2.75, 3.05) is 13.2 Å². The molecule has 1 unspecified atom stereocenters. The standard InChI is InChI=1S/C43H43N5O9/c1-5-10-36-46-37-24(2)19-28(40-45-31-13-8-9-14-32(31)47(40)4)20-33(37)48(36)21-26-15-17-27(18-16-26)29-11-6-7-12-30(29)41(49)54-25(3)55-43(51)57-35-23-53-38-34(56-42(44)50)22-52-39(35)38/h6-9,11-20,25,34-35,38-39H,5,10,21-23H2,1-4H3,(H2,44,50)/t25?,34-,35-,38+,39+/m1/s1. The summed E-state index contributed by atoms with van der Waals surface area (Å²) in [7, 11) is 2.05. The molecular formula is C43H43N5O9.